The predicted octanol–water partition coefficient (Wildman–Crippen LogP) is 0.571. The summed E-state index contributed by atoms with van der Waals surface area (Å²) >= 11 is 3.19. The summed E-state index contributed by atoms with van der Waals surface area (Å²) in [4.78, 5) is 11.8. The van der Waals surface area contributed by atoms with Gasteiger partial charge in [-0.3, -0.25) is 4.79 Å². The fourth-order valence-corrected chi connectivity index (χ4v) is 1.70. The van der Waals surface area contributed by atoms with Crippen molar-refractivity contribution >= 4 is 21.6 Å². The van der Waals surface area contributed by atoms with E-state index < -0.39 is 5.60 Å². The summed E-state index contributed by atoms with van der Waals surface area (Å²) in [5.74, 6) is 0. The first kappa shape index (κ1) is 15.1. The highest BCUT2D eigenvalue weighted by Gasteiger charge is 2.18. The molecule has 7 heteroatoms. The number of halogens is 1. The molecule has 1 aromatic rings. The van der Waals surface area contributed by atoms with Gasteiger partial charge in [-0.15, -0.1) is 0 Å². The van der Waals surface area contributed by atoms with Crippen LogP contribution in [0.5, 0.6) is 0 Å². The molecule has 18 heavy (non-hydrogen) atoms. The topological polar surface area (TPSA) is 87.4 Å². The maximum absolute atomic E-state index is 11.8. The molecule has 1 atom stereocenters. The van der Waals surface area contributed by atoms with Crippen LogP contribution in [0.1, 0.15) is 20.3 Å². The number of aliphatic hydroxyl groups is 2. The molecule has 1 heterocycles. The molecule has 0 bridgehead atoms. The third-order valence-corrected chi connectivity index (χ3v) is 3.48. The minimum Gasteiger partial charge on any atom is -0.394 e. The Morgan fingerprint density at radius 3 is 2.83 bits per heavy atom. The molecule has 0 aliphatic heterocycles. The van der Waals surface area contributed by atoms with Gasteiger partial charge in [0.05, 0.1) is 30.6 Å². The van der Waals surface area contributed by atoms with Gasteiger partial charge in [-0.25, -0.2) is 4.68 Å². The van der Waals surface area contributed by atoms with Gasteiger partial charge in [-0.2, -0.15) is 5.10 Å². The standard InChI is InChI=1S/C11H18BrN3O3/c1-3-11(2,18)7-13-8-6-14-15(4-5-16)10(17)9(8)12/h6,13,16,18H,3-5,7H2,1-2H3. The van der Waals surface area contributed by atoms with Crippen molar-refractivity contribution in [2.75, 3.05) is 18.5 Å². The monoisotopic (exact) mass is 319 g/mol. The molecule has 3 N–H and O–H groups in total. The maximum Gasteiger partial charge on any atom is 0.283 e. The quantitative estimate of drug-likeness (QED) is 0.713. The highest BCUT2D eigenvalue weighted by atomic mass is 79.9. The van der Waals surface area contributed by atoms with Crippen molar-refractivity contribution in [2.45, 2.75) is 32.4 Å². The van der Waals surface area contributed by atoms with Gasteiger partial charge in [-0.05, 0) is 29.3 Å². The van der Waals surface area contributed by atoms with Crippen molar-refractivity contribution in [3.8, 4) is 0 Å². The van der Waals surface area contributed by atoms with Gasteiger partial charge in [0.2, 0.25) is 0 Å². The van der Waals surface area contributed by atoms with Crippen molar-refractivity contribution < 1.29 is 10.2 Å². The lowest BCUT2D eigenvalue weighted by Gasteiger charge is -2.22. The average molecular weight is 320 g/mol. The molecule has 102 valence electrons. The third-order valence-electron chi connectivity index (χ3n) is 2.72. The Bertz CT molecular complexity index is 459. The van der Waals surface area contributed by atoms with Gasteiger partial charge < -0.3 is 15.5 Å². The summed E-state index contributed by atoms with van der Waals surface area (Å²) in [6.07, 6.45) is 2.10. The lowest BCUT2D eigenvalue weighted by atomic mass is 10.0. The van der Waals surface area contributed by atoms with Crippen LogP contribution in [0.3, 0.4) is 0 Å². The number of aromatic nitrogens is 2. The number of aliphatic hydroxyl groups excluding tert-OH is 1. The van der Waals surface area contributed by atoms with Crippen LogP contribution in [0, 0.1) is 0 Å². The minimum absolute atomic E-state index is 0.142. The van der Waals surface area contributed by atoms with Gasteiger partial charge in [-0.1, -0.05) is 6.92 Å². The first-order valence-electron chi connectivity index (χ1n) is 5.74. The second-order valence-electron chi connectivity index (χ2n) is 4.33. The molecule has 0 spiro atoms. The minimum atomic E-state index is -0.834. The Labute approximate surface area is 114 Å². The van der Waals surface area contributed by atoms with Crippen LogP contribution < -0.4 is 10.9 Å². The number of hydrogen-bond acceptors (Lipinski definition) is 5. The second-order valence-corrected chi connectivity index (χ2v) is 5.12. The van der Waals surface area contributed by atoms with Crippen LogP contribution >= 0.6 is 15.9 Å². The zero-order valence-corrected chi connectivity index (χ0v) is 12.1. The summed E-state index contributed by atoms with van der Waals surface area (Å²) in [6, 6.07) is 0. The molecule has 0 fully saturated rings. The molecule has 1 aromatic heterocycles. The number of anilines is 1. The van der Waals surface area contributed by atoms with Crippen molar-refractivity contribution in [1.29, 1.82) is 0 Å². The van der Waals surface area contributed by atoms with E-state index in [1.807, 2.05) is 6.92 Å². The molecule has 0 saturated heterocycles. The highest BCUT2D eigenvalue weighted by molar-refractivity contribution is 9.10. The molecule has 0 amide bonds. The zero-order chi connectivity index (χ0) is 13.8. The Morgan fingerprint density at radius 2 is 2.28 bits per heavy atom. The maximum atomic E-state index is 11.8. The van der Waals surface area contributed by atoms with E-state index in [2.05, 4.69) is 26.3 Å². The van der Waals surface area contributed by atoms with E-state index in [0.29, 0.717) is 23.1 Å². The Kier molecular flexibility index (Phi) is 5.30. The van der Waals surface area contributed by atoms with Crippen molar-refractivity contribution in [3.05, 3.63) is 21.0 Å². The van der Waals surface area contributed by atoms with Gasteiger partial charge in [0.25, 0.3) is 5.56 Å². The molecule has 1 unspecified atom stereocenters. The second kappa shape index (κ2) is 6.31. The van der Waals surface area contributed by atoms with E-state index in [-0.39, 0.29) is 18.7 Å². The van der Waals surface area contributed by atoms with E-state index in [4.69, 9.17) is 5.11 Å². The molecule has 0 aromatic carbocycles. The molecule has 0 radical (unpaired) electrons. The van der Waals surface area contributed by atoms with E-state index in [9.17, 15) is 9.90 Å². The van der Waals surface area contributed by atoms with Crippen molar-refractivity contribution in [3.63, 3.8) is 0 Å². The van der Waals surface area contributed by atoms with E-state index in [1.165, 1.54) is 10.9 Å². The lowest BCUT2D eigenvalue weighted by Crippen LogP contribution is -2.33. The van der Waals surface area contributed by atoms with E-state index in [1.54, 1.807) is 6.92 Å². The van der Waals surface area contributed by atoms with Gasteiger partial charge >= 0.3 is 0 Å². The molecular weight excluding hydrogens is 302 g/mol. The number of rotatable bonds is 6. The molecule has 6 nitrogen and oxygen atoms in total. The summed E-state index contributed by atoms with van der Waals surface area (Å²) in [6.45, 7) is 3.94. The fourth-order valence-electron chi connectivity index (χ4n) is 1.25. The van der Waals surface area contributed by atoms with Gasteiger partial charge in [0.1, 0.15) is 4.47 Å². The van der Waals surface area contributed by atoms with Crippen LogP contribution in [0.25, 0.3) is 0 Å². The van der Waals surface area contributed by atoms with Crippen LogP contribution in [0.4, 0.5) is 5.69 Å². The molecule has 0 aliphatic carbocycles. The van der Waals surface area contributed by atoms with Gasteiger partial charge in [0.15, 0.2) is 0 Å². The summed E-state index contributed by atoms with van der Waals surface area (Å²) < 4.78 is 1.52. The first-order valence-corrected chi connectivity index (χ1v) is 6.53. The third kappa shape index (κ3) is 3.79. The van der Waals surface area contributed by atoms with Crippen LogP contribution in [0.2, 0.25) is 0 Å². The lowest BCUT2D eigenvalue weighted by molar-refractivity contribution is 0.0697. The van der Waals surface area contributed by atoms with Crippen molar-refractivity contribution in [2.24, 2.45) is 0 Å². The van der Waals surface area contributed by atoms with Crippen molar-refractivity contribution in [1.82, 2.24) is 9.78 Å². The molecule has 1 rings (SSSR count). The molecular formula is C11H18BrN3O3. The fraction of sp³-hybridized carbons (Fsp3) is 0.636. The molecule has 0 saturated carbocycles. The average Bonchev–Trinajstić information content (AvgIpc) is 2.34. The summed E-state index contributed by atoms with van der Waals surface area (Å²) in [5, 5.41) is 25.6. The highest BCUT2D eigenvalue weighted by Crippen LogP contribution is 2.18. The Hall–Kier alpha value is -0.920. The first-order chi connectivity index (χ1) is 8.41. The summed E-state index contributed by atoms with van der Waals surface area (Å²) in [5.41, 5.74) is -0.618. The SMILES string of the molecule is CCC(C)(O)CNc1cnn(CCO)c(=O)c1Br. The largest absolute Gasteiger partial charge is 0.394 e. The Balaban J connectivity index is 2.86. The van der Waals surface area contributed by atoms with E-state index in [0.717, 1.165) is 0 Å². The number of nitrogens with zero attached hydrogens (tertiary/aromatic N) is 2. The number of nitrogens with one attached hydrogen (secondary N) is 1. The normalized spacial score (nSPS) is 14.3. The van der Waals surface area contributed by atoms with Gasteiger partial charge in [0, 0.05) is 6.54 Å². The van der Waals surface area contributed by atoms with Crippen LogP contribution in [-0.4, -0.2) is 38.7 Å². The summed E-state index contributed by atoms with van der Waals surface area (Å²) in [7, 11) is 0. The van der Waals surface area contributed by atoms with Crippen LogP contribution in [0.15, 0.2) is 15.5 Å². The Morgan fingerprint density at radius 1 is 1.61 bits per heavy atom. The number of hydrogen-bond donors (Lipinski definition) is 3. The molecule has 0 aliphatic rings. The van der Waals surface area contributed by atoms with Crippen LogP contribution in [-0.2, 0) is 6.54 Å². The smallest absolute Gasteiger partial charge is 0.283 e. The zero-order valence-electron chi connectivity index (χ0n) is 10.5. The predicted molar refractivity (Wildman–Crippen MR) is 72.7 cm³/mol. The van der Waals surface area contributed by atoms with E-state index >= 15 is 0 Å².